The standard InChI is InChI=1S/C12H14N2O/c1-14-12(8-4-2-5-8)9-6-3-7-10(15)11(9)13-14/h3,6-8,15H,2,4-5H2,1H3. The molecule has 2 aromatic rings. The molecular weight excluding hydrogens is 188 g/mol. The number of phenols is 1. The molecule has 3 heteroatoms. The molecule has 1 aromatic carbocycles. The molecule has 0 spiro atoms. The summed E-state index contributed by atoms with van der Waals surface area (Å²) in [6.45, 7) is 0. The van der Waals surface area contributed by atoms with Gasteiger partial charge < -0.3 is 5.11 Å². The summed E-state index contributed by atoms with van der Waals surface area (Å²) in [5, 5.41) is 15.2. The van der Waals surface area contributed by atoms with E-state index >= 15 is 0 Å². The maximum Gasteiger partial charge on any atom is 0.143 e. The van der Waals surface area contributed by atoms with Gasteiger partial charge in [0, 0.05) is 24.0 Å². The van der Waals surface area contributed by atoms with E-state index in [2.05, 4.69) is 11.2 Å². The predicted octanol–water partition coefficient (Wildman–Crippen LogP) is 2.55. The summed E-state index contributed by atoms with van der Waals surface area (Å²) < 4.78 is 1.92. The molecule has 1 N–H and O–H groups in total. The molecule has 1 aliphatic rings. The van der Waals surface area contributed by atoms with Crippen LogP contribution in [0, 0.1) is 0 Å². The lowest BCUT2D eigenvalue weighted by Crippen LogP contribution is -2.13. The highest BCUT2D eigenvalue weighted by Gasteiger charge is 2.25. The zero-order chi connectivity index (χ0) is 10.4. The Morgan fingerprint density at radius 2 is 2.20 bits per heavy atom. The molecule has 78 valence electrons. The second-order valence-electron chi connectivity index (χ2n) is 4.31. The third-order valence-corrected chi connectivity index (χ3v) is 3.38. The van der Waals surface area contributed by atoms with Gasteiger partial charge in [0.1, 0.15) is 11.3 Å². The summed E-state index contributed by atoms with van der Waals surface area (Å²) in [5.74, 6) is 0.926. The number of nitrogens with zero attached hydrogens (tertiary/aromatic N) is 2. The molecule has 0 bridgehead atoms. The van der Waals surface area contributed by atoms with Gasteiger partial charge in [-0.05, 0) is 18.9 Å². The first-order valence-electron chi connectivity index (χ1n) is 5.42. The number of benzene rings is 1. The molecule has 0 unspecified atom stereocenters. The van der Waals surface area contributed by atoms with Crippen molar-refractivity contribution in [2.24, 2.45) is 7.05 Å². The Labute approximate surface area is 88.3 Å². The first-order chi connectivity index (χ1) is 7.27. The monoisotopic (exact) mass is 202 g/mol. The van der Waals surface area contributed by atoms with E-state index in [0.29, 0.717) is 5.92 Å². The number of aromatic hydroxyl groups is 1. The molecule has 0 saturated heterocycles. The third-order valence-electron chi connectivity index (χ3n) is 3.38. The minimum atomic E-state index is 0.286. The summed E-state index contributed by atoms with van der Waals surface area (Å²) in [6.07, 6.45) is 3.82. The summed E-state index contributed by atoms with van der Waals surface area (Å²) in [5.41, 5.74) is 2.02. The van der Waals surface area contributed by atoms with Crippen LogP contribution in [0.1, 0.15) is 30.9 Å². The van der Waals surface area contributed by atoms with E-state index < -0.39 is 0 Å². The zero-order valence-electron chi connectivity index (χ0n) is 8.77. The molecule has 0 amide bonds. The average Bonchev–Trinajstić information content (AvgIpc) is 2.44. The maximum absolute atomic E-state index is 9.71. The Morgan fingerprint density at radius 3 is 2.87 bits per heavy atom. The molecule has 1 saturated carbocycles. The largest absolute Gasteiger partial charge is 0.506 e. The predicted molar refractivity (Wildman–Crippen MR) is 59.0 cm³/mol. The van der Waals surface area contributed by atoms with E-state index in [0.717, 1.165) is 10.9 Å². The number of rotatable bonds is 1. The van der Waals surface area contributed by atoms with Crippen molar-refractivity contribution in [2.75, 3.05) is 0 Å². The van der Waals surface area contributed by atoms with E-state index in [1.54, 1.807) is 6.07 Å². The lowest BCUT2D eigenvalue weighted by Gasteiger charge is -2.25. The number of phenolic OH excluding ortho intramolecular Hbond substituents is 1. The molecule has 0 atom stereocenters. The van der Waals surface area contributed by atoms with Crippen LogP contribution in [-0.2, 0) is 7.05 Å². The van der Waals surface area contributed by atoms with Crippen molar-refractivity contribution in [1.82, 2.24) is 9.78 Å². The van der Waals surface area contributed by atoms with Gasteiger partial charge in [-0.15, -0.1) is 0 Å². The Hall–Kier alpha value is -1.51. The van der Waals surface area contributed by atoms with Gasteiger partial charge in [-0.3, -0.25) is 4.68 Å². The van der Waals surface area contributed by atoms with E-state index in [1.165, 1.54) is 25.0 Å². The molecular formula is C12H14N2O. The minimum Gasteiger partial charge on any atom is -0.506 e. The first-order valence-corrected chi connectivity index (χ1v) is 5.42. The van der Waals surface area contributed by atoms with Gasteiger partial charge in [0.2, 0.25) is 0 Å². The number of hydrogen-bond donors (Lipinski definition) is 1. The van der Waals surface area contributed by atoms with Gasteiger partial charge in [-0.25, -0.2) is 0 Å². The average molecular weight is 202 g/mol. The Kier molecular flexibility index (Phi) is 1.75. The van der Waals surface area contributed by atoms with Crippen LogP contribution in [0.3, 0.4) is 0 Å². The quantitative estimate of drug-likeness (QED) is 0.771. The third kappa shape index (κ3) is 1.16. The number of fused-ring (bicyclic) bond motifs is 1. The van der Waals surface area contributed by atoms with Crippen molar-refractivity contribution >= 4 is 10.9 Å². The van der Waals surface area contributed by atoms with Gasteiger partial charge in [0.15, 0.2) is 0 Å². The van der Waals surface area contributed by atoms with Crippen molar-refractivity contribution < 1.29 is 5.11 Å². The Morgan fingerprint density at radius 1 is 1.40 bits per heavy atom. The van der Waals surface area contributed by atoms with E-state index in [9.17, 15) is 5.11 Å². The topological polar surface area (TPSA) is 38.0 Å². The van der Waals surface area contributed by atoms with Crippen molar-refractivity contribution in [3.8, 4) is 5.75 Å². The molecule has 1 fully saturated rings. The van der Waals surface area contributed by atoms with Crippen LogP contribution in [0.15, 0.2) is 18.2 Å². The molecule has 0 aliphatic heterocycles. The van der Waals surface area contributed by atoms with Crippen LogP contribution in [0.2, 0.25) is 0 Å². The van der Waals surface area contributed by atoms with Gasteiger partial charge in [-0.2, -0.15) is 5.10 Å². The number of hydrogen-bond acceptors (Lipinski definition) is 2. The van der Waals surface area contributed by atoms with Crippen molar-refractivity contribution in [3.05, 3.63) is 23.9 Å². The smallest absolute Gasteiger partial charge is 0.143 e. The zero-order valence-corrected chi connectivity index (χ0v) is 8.77. The fourth-order valence-electron chi connectivity index (χ4n) is 2.39. The Bertz CT molecular complexity index is 512. The molecule has 0 radical (unpaired) electrons. The molecule has 1 aliphatic carbocycles. The van der Waals surface area contributed by atoms with Crippen LogP contribution in [-0.4, -0.2) is 14.9 Å². The molecule has 1 aromatic heterocycles. The summed E-state index contributed by atoms with van der Waals surface area (Å²) in [4.78, 5) is 0. The van der Waals surface area contributed by atoms with Gasteiger partial charge in [0.05, 0.1) is 0 Å². The van der Waals surface area contributed by atoms with Crippen LogP contribution in [0.5, 0.6) is 5.75 Å². The van der Waals surface area contributed by atoms with Gasteiger partial charge in [0.25, 0.3) is 0 Å². The normalized spacial score (nSPS) is 16.9. The van der Waals surface area contributed by atoms with Gasteiger partial charge in [-0.1, -0.05) is 18.6 Å². The van der Waals surface area contributed by atoms with E-state index in [4.69, 9.17) is 0 Å². The van der Waals surface area contributed by atoms with E-state index in [-0.39, 0.29) is 5.75 Å². The van der Waals surface area contributed by atoms with Gasteiger partial charge >= 0.3 is 0 Å². The van der Waals surface area contributed by atoms with Crippen molar-refractivity contribution in [2.45, 2.75) is 25.2 Å². The highest BCUT2D eigenvalue weighted by Crippen LogP contribution is 2.40. The molecule has 3 nitrogen and oxygen atoms in total. The summed E-state index contributed by atoms with van der Waals surface area (Å²) in [6, 6.07) is 5.64. The fourth-order valence-corrected chi connectivity index (χ4v) is 2.39. The molecule has 3 rings (SSSR count). The summed E-state index contributed by atoms with van der Waals surface area (Å²) in [7, 11) is 1.97. The summed E-state index contributed by atoms with van der Waals surface area (Å²) >= 11 is 0. The lowest BCUT2D eigenvalue weighted by molar-refractivity contribution is 0.399. The number of aromatic nitrogens is 2. The molecule has 1 heterocycles. The fraction of sp³-hybridized carbons (Fsp3) is 0.417. The number of aryl methyl sites for hydroxylation is 1. The van der Waals surface area contributed by atoms with Crippen molar-refractivity contribution in [1.29, 1.82) is 0 Å². The minimum absolute atomic E-state index is 0.286. The van der Waals surface area contributed by atoms with Crippen LogP contribution < -0.4 is 0 Å². The maximum atomic E-state index is 9.71. The van der Waals surface area contributed by atoms with Crippen LogP contribution in [0.4, 0.5) is 0 Å². The second kappa shape index (κ2) is 2.99. The van der Waals surface area contributed by atoms with Crippen molar-refractivity contribution in [3.63, 3.8) is 0 Å². The Balaban J connectivity index is 2.27. The van der Waals surface area contributed by atoms with Crippen LogP contribution >= 0.6 is 0 Å². The second-order valence-corrected chi connectivity index (χ2v) is 4.31. The lowest BCUT2D eigenvalue weighted by atomic mass is 9.82. The first kappa shape index (κ1) is 8.77. The van der Waals surface area contributed by atoms with Crippen LogP contribution in [0.25, 0.3) is 10.9 Å². The highest BCUT2D eigenvalue weighted by molar-refractivity contribution is 5.87. The SMILES string of the molecule is Cn1nc2c(O)cccc2c1C1CCC1. The highest BCUT2D eigenvalue weighted by atomic mass is 16.3. The molecule has 15 heavy (non-hydrogen) atoms. The van der Waals surface area contributed by atoms with E-state index in [1.807, 2.05) is 17.8 Å².